The number of hydrogen-bond donors (Lipinski definition) is 0. The molecule has 3 aromatic rings. The summed E-state index contributed by atoms with van der Waals surface area (Å²) >= 11 is 0. The normalized spacial score (nSPS) is 14.7. The lowest BCUT2D eigenvalue weighted by Gasteiger charge is -2.12. The fourth-order valence-corrected chi connectivity index (χ4v) is 3.77. The van der Waals surface area contributed by atoms with Crippen LogP contribution < -0.4 is 10.4 Å². The molecule has 0 heteroatoms. The molecule has 2 bridgehead atoms. The Kier molecular flexibility index (Phi) is 2.65. The molecular formula is C23H16. The minimum absolute atomic E-state index is 1.02. The summed E-state index contributed by atoms with van der Waals surface area (Å²) in [4.78, 5) is 0. The van der Waals surface area contributed by atoms with Crippen LogP contribution in [0.15, 0.2) is 78.4 Å². The molecule has 0 amide bonds. The average molecular weight is 292 g/mol. The van der Waals surface area contributed by atoms with Crippen molar-refractivity contribution in [3.63, 3.8) is 0 Å². The summed E-state index contributed by atoms with van der Waals surface area (Å²) in [6.45, 7) is 0. The van der Waals surface area contributed by atoms with E-state index in [0.717, 1.165) is 6.42 Å². The third-order valence-corrected chi connectivity index (χ3v) is 4.89. The molecule has 0 saturated carbocycles. The van der Waals surface area contributed by atoms with Crippen LogP contribution in [0.3, 0.4) is 0 Å². The molecule has 23 heavy (non-hydrogen) atoms. The first-order valence-electron chi connectivity index (χ1n) is 8.09. The molecule has 0 saturated heterocycles. The van der Waals surface area contributed by atoms with Gasteiger partial charge in [-0.05, 0) is 49.9 Å². The third kappa shape index (κ3) is 1.92. The third-order valence-electron chi connectivity index (χ3n) is 4.89. The van der Waals surface area contributed by atoms with Crippen molar-refractivity contribution in [3.8, 4) is 11.1 Å². The monoisotopic (exact) mass is 292 g/mol. The van der Waals surface area contributed by atoms with Crippen molar-refractivity contribution in [2.45, 2.75) is 6.42 Å². The zero-order valence-electron chi connectivity index (χ0n) is 12.8. The Labute approximate surface area is 135 Å². The van der Waals surface area contributed by atoms with Gasteiger partial charge in [0.1, 0.15) is 0 Å². The molecule has 5 rings (SSSR count). The van der Waals surface area contributed by atoms with E-state index in [9.17, 15) is 0 Å². The van der Waals surface area contributed by atoms with Gasteiger partial charge in [-0.15, -0.1) is 0 Å². The van der Waals surface area contributed by atoms with E-state index in [0.29, 0.717) is 0 Å². The first kappa shape index (κ1) is 12.7. The summed E-state index contributed by atoms with van der Waals surface area (Å²) in [5, 5.41) is 5.44. The first-order chi connectivity index (χ1) is 11.4. The van der Waals surface area contributed by atoms with Gasteiger partial charge in [-0.2, -0.15) is 0 Å². The Balaban J connectivity index is 1.97. The molecule has 0 unspecified atom stereocenters. The van der Waals surface area contributed by atoms with Crippen molar-refractivity contribution in [1.82, 2.24) is 0 Å². The average Bonchev–Trinajstić information content (AvgIpc) is 2.93. The molecule has 0 spiro atoms. The van der Waals surface area contributed by atoms with Gasteiger partial charge >= 0.3 is 0 Å². The van der Waals surface area contributed by atoms with Crippen LogP contribution in [-0.4, -0.2) is 0 Å². The number of benzene rings is 3. The van der Waals surface area contributed by atoms with Crippen LogP contribution in [0.2, 0.25) is 0 Å². The largest absolute Gasteiger partial charge is 0.0622 e. The van der Waals surface area contributed by atoms with Gasteiger partial charge in [-0.1, -0.05) is 85.0 Å². The van der Waals surface area contributed by atoms with E-state index in [4.69, 9.17) is 0 Å². The lowest BCUT2D eigenvalue weighted by molar-refractivity contribution is 1.21. The Morgan fingerprint density at radius 1 is 0.696 bits per heavy atom. The van der Waals surface area contributed by atoms with Crippen LogP contribution in [0.25, 0.3) is 34.1 Å². The van der Waals surface area contributed by atoms with Crippen LogP contribution in [-0.2, 0) is 6.42 Å². The molecule has 0 aliphatic heterocycles. The highest BCUT2D eigenvalue weighted by Gasteiger charge is 2.13. The maximum absolute atomic E-state index is 2.29. The van der Waals surface area contributed by atoms with Gasteiger partial charge in [0.15, 0.2) is 0 Å². The lowest BCUT2D eigenvalue weighted by Crippen LogP contribution is -2.14. The summed E-state index contributed by atoms with van der Waals surface area (Å²) in [6.07, 6.45) is 12.2. The minimum atomic E-state index is 1.02. The number of hydrogen-bond acceptors (Lipinski definition) is 0. The van der Waals surface area contributed by atoms with E-state index in [-0.39, 0.29) is 0 Å². The summed E-state index contributed by atoms with van der Waals surface area (Å²) in [5.74, 6) is 0. The smallest absolute Gasteiger partial charge is 0.00134 e. The summed E-state index contributed by atoms with van der Waals surface area (Å²) in [7, 11) is 0. The van der Waals surface area contributed by atoms with E-state index in [1.807, 2.05) is 0 Å². The highest BCUT2D eigenvalue weighted by atomic mass is 14.2. The van der Waals surface area contributed by atoms with Crippen LogP contribution in [0.4, 0.5) is 0 Å². The summed E-state index contributed by atoms with van der Waals surface area (Å²) < 4.78 is 0. The lowest BCUT2D eigenvalue weighted by atomic mass is 9.92. The molecular weight excluding hydrogens is 276 g/mol. The SMILES string of the molecule is C1=CC2=CC=c3ccc(-c4ccccc4)c4ccc(c(c34)C2)=C1. The summed E-state index contributed by atoms with van der Waals surface area (Å²) in [6, 6.07) is 19.8. The Hall–Kier alpha value is -2.86. The van der Waals surface area contributed by atoms with E-state index in [2.05, 4.69) is 85.0 Å². The van der Waals surface area contributed by atoms with Gasteiger partial charge < -0.3 is 0 Å². The second kappa shape index (κ2) is 4.82. The zero-order valence-corrected chi connectivity index (χ0v) is 12.8. The van der Waals surface area contributed by atoms with Crippen LogP contribution in [0.5, 0.6) is 0 Å². The van der Waals surface area contributed by atoms with Crippen molar-refractivity contribution in [2.24, 2.45) is 0 Å². The van der Waals surface area contributed by atoms with Crippen LogP contribution >= 0.6 is 0 Å². The highest BCUT2D eigenvalue weighted by Crippen LogP contribution is 2.29. The predicted molar refractivity (Wildman–Crippen MR) is 98.5 cm³/mol. The molecule has 0 aromatic heterocycles. The first-order valence-corrected chi connectivity index (χ1v) is 8.09. The number of rotatable bonds is 1. The van der Waals surface area contributed by atoms with Crippen molar-refractivity contribution < 1.29 is 0 Å². The maximum atomic E-state index is 2.29. The quantitative estimate of drug-likeness (QED) is 0.633. The van der Waals surface area contributed by atoms with Crippen LogP contribution in [0, 0.1) is 0 Å². The van der Waals surface area contributed by atoms with Gasteiger partial charge in [-0.3, -0.25) is 0 Å². The minimum Gasteiger partial charge on any atom is -0.0622 e. The molecule has 2 aliphatic rings. The fraction of sp³-hybridized carbons (Fsp3) is 0.0435. The predicted octanol–water partition coefficient (Wildman–Crippen LogP) is 4.12. The molecule has 108 valence electrons. The van der Waals surface area contributed by atoms with Gasteiger partial charge in [0, 0.05) is 0 Å². The zero-order chi connectivity index (χ0) is 15.2. The van der Waals surface area contributed by atoms with E-state index < -0.39 is 0 Å². The highest BCUT2D eigenvalue weighted by molar-refractivity contribution is 6.00. The van der Waals surface area contributed by atoms with Gasteiger partial charge in [0.05, 0.1) is 0 Å². The molecule has 0 fully saturated rings. The second-order valence-corrected chi connectivity index (χ2v) is 6.24. The van der Waals surface area contributed by atoms with E-state index in [1.165, 1.54) is 43.5 Å². The molecule has 0 radical (unpaired) electrons. The van der Waals surface area contributed by atoms with Crippen molar-refractivity contribution in [1.29, 1.82) is 0 Å². The molecule has 0 atom stereocenters. The van der Waals surface area contributed by atoms with Gasteiger partial charge in [0.2, 0.25) is 0 Å². The van der Waals surface area contributed by atoms with Gasteiger partial charge in [0.25, 0.3) is 0 Å². The standard InChI is InChI=1S/C23H16/c1-2-6-17(7-3-1)20-13-12-19-10-9-16-5-4-8-18-11-14-21(20)23(19)22(18)15-16/h1-14H,15H2. The van der Waals surface area contributed by atoms with Gasteiger partial charge in [-0.25, -0.2) is 0 Å². The topological polar surface area (TPSA) is 0 Å². The Bertz CT molecular complexity index is 1110. The van der Waals surface area contributed by atoms with E-state index in [1.54, 1.807) is 0 Å². The second-order valence-electron chi connectivity index (χ2n) is 6.24. The fourth-order valence-electron chi connectivity index (χ4n) is 3.77. The number of allylic oxidation sites excluding steroid dienone is 4. The van der Waals surface area contributed by atoms with Crippen molar-refractivity contribution >= 4 is 22.9 Å². The van der Waals surface area contributed by atoms with E-state index >= 15 is 0 Å². The molecule has 2 aliphatic carbocycles. The van der Waals surface area contributed by atoms with Crippen molar-refractivity contribution in [2.75, 3.05) is 0 Å². The molecule has 0 N–H and O–H groups in total. The molecule has 0 heterocycles. The number of fused-ring (bicyclic) bond motifs is 1. The Morgan fingerprint density at radius 2 is 1.57 bits per heavy atom. The Morgan fingerprint density at radius 3 is 2.48 bits per heavy atom. The molecule has 0 nitrogen and oxygen atoms in total. The maximum Gasteiger partial charge on any atom is -0.00134 e. The van der Waals surface area contributed by atoms with Crippen molar-refractivity contribution in [3.05, 3.63) is 94.4 Å². The van der Waals surface area contributed by atoms with Crippen LogP contribution in [0.1, 0.15) is 5.56 Å². The molecule has 3 aromatic carbocycles. The summed E-state index contributed by atoms with van der Waals surface area (Å²) in [5.41, 5.74) is 5.44.